The molecular weight excluding hydrogens is 480 g/mol. The summed E-state index contributed by atoms with van der Waals surface area (Å²) in [6, 6.07) is 14.4. The number of benzene rings is 2. The molecule has 9 heteroatoms. The van der Waals surface area contributed by atoms with Crippen molar-refractivity contribution in [3.63, 3.8) is 0 Å². The first-order chi connectivity index (χ1) is 17.4. The van der Waals surface area contributed by atoms with Crippen molar-refractivity contribution in [2.45, 2.75) is 64.1 Å². The van der Waals surface area contributed by atoms with E-state index in [4.69, 9.17) is 11.6 Å². The fraction of sp³-hybridized carbons (Fsp3) is 0.407. The predicted octanol–water partition coefficient (Wildman–Crippen LogP) is 3.01. The lowest BCUT2D eigenvalue weighted by molar-refractivity contribution is -0.122. The van der Waals surface area contributed by atoms with Gasteiger partial charge in [0.05, 0.1) is 10.9 Å². The van der Waals surface area contributed by atoms with Gasteiger partial charge in [-0.15, -0.1) is 0 Å². The van der Waals surface area contributed by atoms with E-state index in [1.807, 2.05) is 24.3 Å². The van der Waals surface area contributed by atoms with Gasteiger partial charge in [-0.05, 0) is 55.5 Å². The van der Waals surface area contributed by atoms with Crippen molar-refractivity contribution in [2.75, 3.05) is 6.54 Å². The van der Waals surface area contributed by atoms with E-state index < -0.39 is 11.2 Å². The lowest BCUT2D eigenvalue weighted by Crippen LogP contribution is -2.44. The highest BCUT2D eigenvalue weighted by molar-refractivity contribution is 6.30. The van der Waals surface area contributed by atoms with Gasteiger partial charge < -0.3 is 10.6 Å². The molecule has 0 bridgehead atoms. The molecule has 2 aromatic carbocycles. The van der Waals surface area contributed by atoms with Gasteiger partial charge in [-0.2, -0.15) is 0 Å². The number of halogens is 1. The summed E-state index contributed by atoms with van der Waals surface area (Å²) in [6.45, 7) is 0.429. The van der Waals surface area contributed by atoms with Gasteiger partial charge in [0, 0.05) is 30.6 Å². The average molecular weight is 511 g/mol. The van der Waals surface area contributed by atoms with Crippen LogP contribution in [0.3, 0.4) is 0 Å². The van der Waals surface area contributed by atoms with Gasteiger partial charge in [-0.3, -0.25) is 23.5 Å². The van der Waals surface area contributed by atoms with Crippen LogP contribution in [0.5, 0.6) is 0 Å². The molecule has 1 aliphatic carbocycles. The highest BCUT2D eigenvalue weighted by Gasteiger charge is 2.19. The molecule has 1 fully saturated rings. The van der Waals surface area contributed by atoms with Crippen LogP contribution in [0, 0.1) is 0 Å². The molecule has 0 unspecified atom stereocenters. The van der Waals surface area contributed by atoms with Gasteiger partial charge in [0.25, 0.3) is 5.56 Å². The van der Waals surface area contributed by atoms with Crippen LogP contribution in [0.15, 0.2) is 58.1 Å². The van der Waals surface area contributed by atoms with Crippen LogP contribution in [0.2, 0.25) is 5.02 Å². The summed E-state index contributed by atoms with van der Waals surface area (Å²) in [4.78, 5) is 51.2. The third-order valence-electron chi connectivity index (χ3n) is 6.59. The number of hydrogen-bond donors (Lipinski definition) is 2. The molecule has 2 amide bonds. The summed E-state index contributed by atoms with van der Waals surface area (Å²) in [5.41, 5.74) is 0.555. The Kier molecular flexibility index (Phi) is 8.59. The quantitative estimate of drug-likeness (QED) is 0.437. The second kappa shape index (κ2) is 12.0. The van der Waals surface area contributed by atoms with Gasteiger partial charge in [0.15, 0.2) is 0 Å². The van der Waals surface area contributed by atoms with Crippen LogP contribution in [0.1, 0.15) is 44.1 Å². The van der Waals surface area contributed by atoms with Gasteiger partial charge in [-0.1, -0.05) is 48.7 Å². The number of amides is 2. The van der Waals surface area contributed by atoms with Crippen LogP contribution in [0.4, 0.5) is 0 Å². The molecule has 36 heavy (non-hydrogen) atoms. The summed E-state index contributed by atoms with van der Waals surface area (Å²) < 4.78 is 2.49. The predicted molar refractivity (Wildman–Crippen MR) is 140 cm³/mol. The topological polar surface area (TPSA) is 102 Å². The van der Waals surface area contributed by atoms with E-state index in [0.717, 1.165) is 35.8 Å². The van der Waals surface area contributed by atoms with Crippen molar-refractivity contribution in [1.29, 1.82) is 0 Å². The van der Waals surface area contributed by atoms with Gasteiger partial charge in [-0.25, -0.2) is 4.79 Å². The van der Waals surface area contributed by atoms with E-state index in [0.29, 0.717) is 35.3 Å². The second-order valence-corrected chi connectivity index (χ2v) is 9.66. The molecular formula is C27H31ClN4O4. The van der Waals surface area contributed by atoms with E-state index >= 15 is 0 Å². The number of carbonyl (C=O) groups excluding carboxylic acids is 2. The molecule has 3 aromatic rings. The standard InChI is InChI=1S/C27H31ClN4O4/c28-20-13-11-19(12-14-20)15-16-29-24(33)10-5-17-31-26(35)22-8-3-4-9-23(22)32(27(31)36)18-25(34)30-21-6-1-2-7-21/h3-4,8-9,11-14,21H,1-2,5-7,10,15-18H2,(H,29,33)(H,30,34). The molecule has 1 aromatic heterocycles. The fourth-order valence-electron chi connectivity index (χ4n) is 4.69. The Bertz CT molecular complexity index is 1340. The van der Waals surface area contributed by atoms with Crippen molar-refractivity contribution >= 4 is 34.3 Å². The number of fused-ring (bicyclic) bond motifs is 1. The van der Waals surface area contributed by atoms with Crippen molar-refractivity contribution < 1.29 is 9.59 Å². The van der Waals surface area contributed by atoms with E-state index in [2.05, 4.69) is 10.6 Å². The molecule has 0 aliphatic heterocycles. The Morgan fingerprint density at radius 1 is 0.944 bits per heavy atom. The summed E-state index contributed by atoms with van der Waals surface area (Å²) in [6.07, 6.45) is 5.27. The van der Waals surface area contributed by atoms with Crippen LogP contribution in [-0.4, -0.2) is 33.5 Å². The Morgan fingerprint density at radius 2 is 1.67 bits per heavy atom. The largest absolute Gasteiger partial charge is 0.356 e. The van der Waals surface area contributed by atoms with Crippen molar-refractivity contribution in [3.8, 4) is 0 Å². The number of nitrogens with zero attached hydrogens (tertiary/aromatic N) is 2. The number of carbonyl (C=O) groups is 2. The van der Waals surface area contributed by atoms with E-state index in [1.54, 1.807) is 24.3 Å². The first-order valence-electron chi connectivity index (χ1n) is 12.5. The lowest BCUT2D eigenvalue weighted by atomic mass is 10.1. The van der Waals surface area contributed by atoms with E-state index in [1.165, 1.54) is 4.57 Å². The number of hydrogen-bond acceptors (Lipinski definition) is 4. The third kappa shape index (κ3) is 6.43. The minimum atomic E-state index is -0.539. The molecule has 0 saturated heterocycles. The second-order valence-electron chi connectivity index (χ2n) is 9.22. The normalized spacial score (nSPS) is 13.7. The van der Waals surface area contributed by atoms with Crippen LogP contribution in [0.25, 0.3) is 10.9 Å². The molecule has 190 valence electrons. The molecule has 0 atom stereocenters. The minimum Gasteiger partial charge on any atom is -0.356 e. The zero-order valence-corrected chi connectivity index (χ0v) is 20.9. The molecule has 8 nitrogen and oxygen atoms in total. The number of rotatable bonds is 10. The van der Waals surface area contributed by atoms with Gasteiger partial charge >= 0.3 is 5.69 Å². The maximum Gasteiger partial charge on any atom is 0.331 e. The highest BCUT2D eigenvalue weighted by atomic mass is 35.5. The maximum atomic E-state index is 13.2. The van der Waals surface area contributed by atoms with Crippen LogP contribution in [-0.2, 0) is 29.1 Å². The summed E-state index contributed by atoms with van der Waals surface area (Å²) in [5.74, 6) is -0.381. The zero-order valence-electron chi connectivity index (χ0n) is 20.2. The molecule has 1 aliphatic rings. The molecule has 0 spiro atoms. The number of aromatic nitrogens is 2. The molecule has 1 saturated carbocycles. The van der Waals surface area contributed by atoms with Crippen molar-refractivity contribution in [2.24, 2.45) is 0 Å². The number of para-hydroxylation sites is 1. The fourth-order valence-corrected chi connectivity index (χ4v) is 4.82. The minimum absolute atomic E-state index is 0.0946. The van der Waals surface area contributed by atoms with Crippen molar-refractivity contribution in [1.82, 2.24) is 19.8 Å². The van der Waals surface area contributed by atoms with Gasteiger partial charge in [0.2, 0.25) is 11.8 Å². The Morgan fingerprint density at radius 3 is 2.42 bits per heavy atom. The Hall–Kier alpha value is -3.39. The summed E-state index contributed by atoms with van der Waals surface area (Å²) in [7, 11) is 0. The lowest BCUT2D eigenvalue weighted by Gasteiger charge is -2.16. The number of nitrogens with one attached hydrogen (secondary N) is 2. The van der Waals surface area contributed by atoms with E-state index in [9.17, 15) is 19.2 Å². The van der Waals surface area contributed by atoms with Crippen LogP contribution < -0.4 is 21.9 Å². The van der Waals surface area contributed by atoms with E-state index in [-0.39, 0.29) is 37.4 Å². The molecule has 0 radical (unpaired) electrons. The van der Waals surface area contributed by atoms with Crippen LogP contribution >= 0.6 is 11.6 Å². The maximum absolute atomic E-state index is 13.2. The van der Waals surface area contributed by atoms with Gasteiger partial charge in [0.1, 0.15) is 6.54 Å². The smallest absolute Gasteiger partial charge is 0.331 e. The Labute approximate surface area is 214 Å². The SMILES string of the molecule is O=C(CCCn1c(=O)c2ccccc2n(CC(=O)NC2CCCC2)c1=O)NCCc1ccc(Cl)cc1. The summed E-state index contributed by atoms with van der Waals surface area (Å²) >= 11 is 5.89. The average Bonchev–Trinajstić information content (AvgIpc) is 3.38. The molecule has 1 heterocycles. The third-order valence-corrected chi connectivity index (χ3v) is 6.84. The molecule has 2 N–H and O–H groups in total. The molecule has 4 rings (SSSR count). The Balaban J connectivity index is 1.39. The first kappa shape index (κ1) is 25.7. The summed E-state index contributed by atoms with van der Waals surface area (Å²) in [5, 5.41) is 6.91. The zero-order chi connectivity index (χ0) is 25.5. The highest BCUT2D eigenvalue weighted by Crippen LogP contribution is 2.17. The first-order valence-corrected chi connectivity index (χ1v) is 12.8. The van der Waals surface area contributed by atoms with Crippen molar-refractivity contribution in [3.05, 3.63) is 80.0 Å². The monoisotopic (exact) mass is 510 g/mol.